The monoisotopic (exact) mass is 269 g/mol. The SMILES string of the molecule is CC1(C(=O)O)CN(Cc2cccc(Cl)c2)C(=O)O1. The maximum atomic E-state index is 11.6. The molecule has 1 aliphatic rings. The molecule has 0 saturated carbocycles. The summed E-state index contributed by atoms with van der Waals surface area (Å²) in [5.74, 6) is -1.15. The summed E-state index contributed by atoms with van der Waals surface area (Å²) >= 11 is 5.84. The van der Waals surface area contributed by atoms with Crippen LogP contribution in [0.25, 0.3) is 0 Å². The van der Waals surface area contributed by atoms with Gasteiger partial charge in [0.15, 0.2) is 0 Å². The maximum absolute atomic E-state index is 11.6. The first-order valence-corrected chi connectivity index (χ1v) is 5.74. The third-order valence-electron chi connectivity index (χ3n) is 2.78. The molecule has 6 heteroatoms. The summed E-state index contributed by atoms with van der Waals surface area (Å²) in [5, 5.41) is 9.56. The molecule has 0 spiro atoms. The fourth-order valence-corrected chi connectivity index (χ4v) is 2.02. The Balaban J connectivity index is 2.12. The normalized spacial score (nSPS) is 23.0. The number of amides is 1. The minimum atomic E-state index is -1.48. The summed E-state index contributed by atoms with van der Waals surface area (Å²) < 4.78 is 4.88. The van der Waals surface area contributed by atoms with Crippen LogP contribution in [0.15, 0.2) is 24.3 Å². The number of rotatable bonds is 3. The maximum Gasteiger partial charge on any atom is 0.411 e. The molecule has 1 heterocycles. The lowest BCUT2D eigenvalue weighted by Gasteiger charge is -2.16. The number of nitrogens with zero attached hydrogens (tertiary/aromatic N) is 1. The molecule has 1 unspecified atom stereocenters. The van der Waals surface area contributed by atoms with Crippen molar-refractivity contribution in [2.24, 2.45) is 0 Å². The molecule has 0 aliphatic carbocycles. The molecular weight excluding hydrogens is 258 g/mol. The van der Waals surface area contributed by atoms with Crippen molar-refractivity contribution in [3.63, 3.8) is 0 Å². The van der Waals surface area contributed by atoms with Crippen LogP contribution in [-0.2, 0) is 16.1 Å². The van der Waals surface area contributed by atoms with Crippen molar-refractivity contribution < 1.29 is 19.4 Å². The number of ether oxygens (including phenoxy) is 1. The van der Waals surface area contributed by atoms with Gasteiger partial charge in [-0.15, -0.1) is 0 Å². The number of carboxylic acid groups (broad SMARTS) is 1. The van der Waals surface area contributed by atoms with Crippen LogP contribution >= 0.6 is 11.6 Å². The Bertz CT molecular complexity index is 505. The highest BCUT2D eigenvalue weighted by Gasteiger charge is 2.47. The van der Waals surface area contributed by atoms with Gasteiger partial charge in [0.1, 0.15) is 0 Å². The van der Waals surface area contributed by atoms with E-state index in [0.717, 1.165) is 5.56 Å². The summed E-state index contributed by atoms with van der Waals surface area (Å²) in [6.45, 7) is 1.68. The van der Waals surface area contributed by atoms with Gasteiger partial charge < -0.3 is 9.84 Å². The summed E-state index contributed by atoms with van der Waals surface area (Å²) in [6.07, 6.45) is -0.625. The van der Waals surface area contributed by atoms with Gasteiger partial charge in [-0.25, -0.2) is 9.59 Å². The van der Waals surface area contributed by atoms with Crippen LogP contribution in [0.4, 0.5) is 4.79 Å². The molecule has 1 amide bonds. The zero-order valence-corrected chi connectivity index (χ0v) is 10.5. The van der Waals surface area contributed by atoms with E-state index in [4.69, 9.17) is 21.4 Å². The second-order valence-electron chi connectivity index (χ2n) is 4.39. The van der Waals surface area contributed by atoms with Crippen LogP contribution in [0.5, 0.6) is 0 Å². The second kappa shape index (κ2) is 4.49. The average molecular weight is 270 g/mol. The number of carbonyl (C=O) groups is 2. The summed E-state index contributed by atoms with van der Waals surface area (Å²) in [4.78, 5) is 23.9. The lowest BCUT2D eigenvalue weighted by Crippen LogP contribution is -2.39. The van der Waals surface area contributed by atoms with Gasteiger partial charge in [-0.1, -0.05) is 23.7 Å². The van der Waals surface area contributed by atoms with E-state index in [1.54, 1.807) is 18.2 Å². The zero-order valence-electron chi connectivity index (χ0n) is 9.72. The van der Waals surface area contributed by atoms with Gasteiger partial charge in [0.2, 0.25) is 5.60 Å². The van der Waals surface area contributed by atoms with Crippen LogP contribution in [0, 0.1) is 0 Å². The van der Waals surface area contributed by atoms with Gasteiger partial charge >= 0.3 is 12.1 Å². The molecule has 1 saturated heterocycles. The Morgan fingerprint density at radius 2 is 2.33 bits per heavy atom. The Kier molecular flexibility index (Phi) is 3.17. The van der Waals surface area contributed by atoms with Gasteiger partial charge in [-0.05, 0) is 24.6 Å². The Morgan fingerprint density at radius 1 is 1.61 bits per heavy atom. The molecule has 2 rings (SSSR count). The lowest BCUT2D eigenvalue weighted by molar-refractivity contribution is -0.153. The molecular formula is C12H12ClNO4. The molecule has 1 aliphatic heterocycles. The Morgan fingerprint density at radius 3 is 2.89 bits per heavy atom. The van der Waals surface area contributed by atoms with Gasteiger partial charge in [0.05, 0.1) is 6.54 Å². The molecule has 0 aromatic heterocycles. The third-order valence-corrected chi connectivity index (χ3v) is 3.01. The fraction of sp³-hybridized carbons (Fsp3) is 0.333. The highest BCUT2D eigenvalue weighted by Crippen LogP contribution is 2.24. The molecule has 0 bridgehead atoms. The zero-order chi connectivity index (χ0) is 13.3. The first-order valence-electron chi connectivity index (χ1n) is 5.36. The summed E-state index contributed by atoms with van der Waals surface area (Å²) in [5.41, 5.74) is -0.649. The number of aliphatic carboxylic acids is 1. The van der Waals surface area contributed by atoms with Crippen molar-refractivity contribution in [1.29, 1.82) is 0 Å². The summed E-state index contributed by atoms with van der Waals surface area (Å²) in [7, 11) is 0. The standard InChI is InChI=1S/C12H12ClNO4/c1-12(10(15)16)7-14(11(17)18-12)6-8-3-2-4-9(13)5-8/h2-5H,6-7H2,1H3,(H,15,16). The number of hydrogen-bond donors (Lipinski definition) is 1. The number of benzene rings is 1. The van der Waals surface area contributed by atoms with Crippen LogP contribution in [0.2, 0.25) is 5.02 Å². The highest BCUT2D eigenvalue weighted by atomic mass is 35.5. The quantitative estimate of drug-likeness (QED) is 0.913. The molecule has 0 radical (unpaired) electrons. The molecule has 1 N–H and O–H groups in total. The van der Waals surface area contributed by atoms with Crippen LogP contribution < -0.4 is 0 Å². The van der Waals surface area contributed by atoms with Crippen molar-refractivity contribution in [2.45, 2.75) is 19.1 Å². The topological polar surface area (TPSA) is 66.8 Å². The van der Waals surface area contributed by atoms with Crippen molar-refractivity contribution in [2.75, 3.05) is 6.54 Å². The molecule has 5 nitrogen and oxygen atoms in total. The van der Waals surface area contributed by atoms with E-state index < -0.39 is 17.7 Å². The van der Waals surface area contributed by atoms with E-state index in [9.17, 15) is 9.59 Å². The minimum absolute atomic E-state index is 0.0215. The van der Waals surface area contributed by atoms with Crippen molar-refractivity contribution in [3.8, 4) is 0 Å². The molecule has 1 aromatic carbocycles. The smallest absolute Gasteiger partial charge is 0.411 e. The molecule has 96 valence electrons. The minimum Gasteiger partial charge on any atom is -0.478 e. The van der Waals surface area contributed by atoms with E-state index >= 15 is 0 Å². The Labute approximate surface area is 109 Å². The van der Waals surface area contributed by atoms with E-state index in [0.29, 0.717) is 5.02 Å². The van der Waals surface area contributed by atoms with E-state index in [-0.39, 0.29) is 13.1 Å². The summed E-state index contributed by atoms with van der Waals surface area (Å²) in [6, 6.07) is 7.05. The van der Waals surface area contributed by atoms with Crippen molar-refractivity contribution >= 4 is 23.7 Å². The van der Waals surface area contributed by atoms with Gasteiger partial charge in [0.25, 0.3) is 0 Å². The average Bonchev–Trinajstić information content (AvgIpc) is 2.55. The van der Waals surface area contributed by atoms with E-state index in [1.807, 2.05) is 6.07 Å². The van der Waals surface area contributed by atoms with Crippen molar-refractivity contribution in [1.82, 2.24) is 4.90 Å². The van der Waals surface area contributed by atoms with Gasteiger partial charge in [0, 0.05) is 11.6 Å². The van der Waals surface area contributed by atoms with Crippen LogP contribution in [0.1, 0.15) is 12.5 Å². The van der Waals surface area contributed by atoms with Crippen LogP contribution in [-0.4, -0.2) is 34.2 Å². The molecule has 18 heavy (non-hydrogen) atoms. The molecule has 1 fully saturated rings. The number of carbonyl (C=O) groups excluding carboxylic acids is 1. The fourth-order valence-electron chi connectivity index (χ4n) is 1.81. The third kappa shape index (κ3) is 2.41. The van der Waals surface area contributed by atoms with Gasteiger partial charge in [-0.2, -0.15) is 0 Å². The Hall–Kier alpha value is -1.75. The van der Waals surface area contributed by atoms with E-state index in [1.165, 1.54) is 11.8 Å². The van der Waals surface area contributed by atoms with Crippen molar-refractivity contribution in [3.05, 3.63) is 34.9 Å². The van der Waals surface area contributed by atoms with Crippen LogP contribution in [0.3, 0.4) is 0 Å². The first kappa shape index (κ1) is 12.7. The predicted octanol–water partition coefficient (Wildman–Crippen LogP) is 2.14. The van der Waals surface area contributed by atoms with E-state index in [2.05, 4.69) is 0 Å². The predicted molar refractivity (Wildman–Crippen MR) is 64.4 cm³/mol. The number of hydrogen-bond acceptors (Lipinski definition) is 3. The lowest BCUT2D eigenvalue weighted by atomic mass is 10.1. The number of halogens is 1. The van der Waals surface area contributed by atoms with Gasteiger partial charge in [-0.3, -0.25) is 4.90 Å². The highest BCUT2D eigenvalue weighted by molar-refractivity contribution is 6.30. The largest absolute Gasteiger partial charge is 0.478 e. The number of carboxylic acids is 1. The molecule has 1 atom stereocenters. The number of cyclic esters (lactones) is 1. The second-order valence-corrected chi connectivity index (χ2v) is 4.83. The first-order chi connectivity index (χ1) is 8.40. The molecule has 1 aromatic rings.